The minimum Gasteiger partial charge on any atom is -0.493 e. The molecule has 0 spiro atoms. The number of nitrogens with zero attached hydrogens (tertiary/aromatic N) is 2. The molecule has 0 unspecified atom stereocenters. The van der Waals surface area contributed by atoms with Crippen molar-refractivity contribution in [2.75, 3.05) is 19.5 Å². The number of anilines is 1. The van der Waals surface area contributed by atoms with Gasteiger partial charge in [-0.2, -0.15) is 5.10 Å². The number of hydrogen-bond acceptors (Lipinski definition) is 7. The van der Waals surface area contributed by atoms with Crippen LogP contribution >= 0.6 is 11.3 Å². The predicted octanol–water partition coefficient (Wildman–Crippen LogP) is 2.77. The number of fused-ring (bicyclic) bond motifs is 1. The molecule has 2 aromatic carbocycles. The second kappa shape index (κ2) is 8.57. The summed E-state index contributed by atoms with van der Waals surface area (Å²) in [6.07, 6.45) is 0. The van der Waals surface area contributed by atoms with Gasteiger partial charge in [0.2, 0.25) is 5.96 Å². The smallest absolute Gasteiger partial charge is 0.257 e. The molecule has 0 fully saturated rings. The lowest BCUT2D eigenvalue weighted by Gasteiger charge is -2.05. The molecule has 0 bridgehead atoms. The van der Waals surface area contributed by atoms with Crippen molar-refractivity contribution in [3.8, 4) is 11.5 Å². The highest BCUT2D eigenvalue weighted by atomic mass is 32.1. The van der Waals surface area contributed by atoms with Gasteiger partial charge >= 0.3 is 0 Å². The molecule has 1 heterocycles. The molecule has 0 aliphatic heterocycles. The van der Waals surface area contributed by atoms with Crippen molar-refractivity contribution in [1.82, 2.24) is 10.4 Å². The molecule has 0 saturated carbocycles. The molecule has 0 aliphatic carbocycles. The van der Waals surface area contributed by atoms with Crippen LogP contribution in [-0.4, -0.2) is 36.8 Å². The van der Waals surface area contributed by atoms with E-state index in [-0.39, 0.29) is 11.9 Å². The Balaban J connectivity index is 1.76. The number of guanidine groups is 1. The average molecular weight is 412 g/mol. The van der Waals surface area contributed by atoms with Crippen molar-refractivity contribution in [3.63, 3.8) is 0 Å². The van der Waals surface area contributed by atoms with E-state index < -0.39 is 0 Å². The minimum atomic E-state index is -0.272. The molecule has 1 aromatic heterocycles. The Kier molecular flexibility index (Phi) is 5.93. The second-order valence-corrected chi connectivity index (χ2v) is 6.98. The summed E-state index contributed by atoms with van der Waals surface area (Å²) in [7, 11) is 3.13. The number of thiazole rings is 1. The highest BCUT2D eigenvalue weighted by Gasteiger charge is 2.13. The maximum absolute atomic E-state index is 12.6. The van der Waals surface area contributed by atoms with Gasteiger partial charge in [-0.15, -0.1) is 0 Å². The largest absolute Gasteiger partial charge is 0.493 e. The van der Waals surface area contributed by atoms with E-state index >= 15 is 0 Å². The Morgan fingerprint density at radius 1 is 1.14 bits per heavy atom. The lowest BCUT2D eigenvalue weighted by Crippen LogP contribution is -2.26. The number of aromatic nitrogens is 1. The maximum atomic E-state index is 12.6. The van der Waals surface area contributed by atoms with E-state index in [9.17, 15) is 4.79 Å². The van der Waals surface area contributed by atoms with Crippen LogP contribution in [0.5, 0.6) is 11.5 Å². The molecule has 0 radical (unpaired) electrons. The van der Waals surface area contributed by atoms with Crippen molar-refractivity contribution in [2.45, 2.75) is 6.92 Å². The fourth-order valence-corrected chi connectivity index (χ4v) is 3.42. The zero-order valence-electron chi connectivity index (χ0n) is 16.1. The molecule has 29 heavy (non-hydrogen) atoms. The minimum absolute atomic E-state index is 0.244. The van der Waals surface area contributed by atoms with E-state index in [0.717, 1.165) is 10.3 Å². The molecule has 9 nitrogen and oxygen atoms in total. The Morgan fingerprint density at radius 3 is 2.38 bits per heavy atom. The van der Waals surface area contributed by atoms with E-state index in [0.29, 0.717) is 33.4 Å². The fourth-order valence-electron chi connectivity index (χ4n) is 2.55. The van der Waals surface area contributed by atoms with Crippen molar-refractivity contribution in [3.05, 3.63) is 47.5 Å². The summed E-state index contributed by atoms with van der Waals surface area (Å²) >= 11 is 1.35. The molecule has 0 saturated heterocycles. The quantitative estimate of drug-likeness (QED) is 0.279. The van der Waals surface area contributed by atoms with E-state index in [1.165, 1.54) is 11.3 Å². The number of nitrogens with two attached hydrogens (primary N) is 1. The summed E-state index contributed by atoms with van der Waals surface area (Å²) < 4.78 is 11.5. The SMILES string of the molecule is COc1cc2nc(NC(=O)c3ccc(/C(C)=N\NC(=N)N)cc3)sc2cc1OC. The molecular formula is C19H20N6O3S. The molecule has 10 heteroatoms. The van der Waals surface area contributed by atoms with Crippen LogP contribution in [0.2, 0.25) is 0 Å². The van der Waals surface area contributed by atoms with Crippen LogP contribution in [0.3, 0.4) is 0 Å². The van der Waals surface area contributed by atoms with Gasteiger partial charge in [-0.1, -0.05) is 23.5 Å². The summed E-state index contributed by atoms with van der Waals surface area (Å²) in [6, 6.07) is 10.5. The molecule has 5 N–H and O–H groups in total. The lowest BCUT2D eigenvalue weighted by molar-refractivity contribution is 0.102. The first-order valence-corrected chi connectivity index (χ1v) is 9.31. The molecule has 1 amide bonds. The number of hydrazone groups is 1. The third kappa shape index (κ3) is 4.61. The topological polar surface area (TPSA) is 135 Å². The first-order chi connectivity index (χ1) is 13.9. The normalized spacial score (nSPS) is 11.2. The first-order valence-electron chi connectivity index (χ1n) is 8.50. The van der Waals surface area contributed by atoms with Gasteiger partial charge in [-0.3, -0.25) is 15.5 Å². The van der Waals surface area contributed by atoms with Gasteiger partial charge in [-0.25, -0.2) is 10.4 Å². The second-order valence-electron chi connectivity index (χ2n) is 5.95. The van der Waals surface area contributed by atoms with Gasteiger partial charge in [-0.05, 0) is 24.6 Å². The lowest BCUT2D eigenvalue weighted by atomic mass is 10.1. The number of benzene rings is 2. The number of ether oxygens (including phenoxy) is 2. The molecule has 3 aromatic rings. The van der Waals surface area contributed by atoms with Crippen LogP contribution < -0.4 is 25.9 Å². The monoisotopic (exact) mass is 412 g/mol. The molecule has 3 rings (SSSR count). The number of nitrogens with one attached hydrogen (secondary N) is 3. The number of methoxy groups -OCH3 is 2. The van der Waals surface area contributed by atoms with Gasteiger partial charge in [0.15, 0.2) is 16.6 Å². The van der Waals surface area contributed by atoms with Gasteiger partial charge in [0.25, 0.3) is 5.91 Å². The Labute approximate surface area is 171 Å². The van der Waals surface area contributed by atoms with Crippen LogP contribution in [0, 0.1) is 5.41 Å². The number of rotatable bonds is 6. The zero-order chi connectivity index (χ0) is 21.0. The van der Waals surface area contributed by atoms with Crippen molar-refractivity contribution >= 4 is 44.3 Å². The predicted molar refractivity (Wildman–Crippen MR) is 114 cm³/mol. The summed E-state index contributed by atoms with van der Waals surface area (Å²) in [6.45, 7) is 1.77. The molecule has 150 valence electrons. The summed E-state index contributed by atoms with van der Waals surface area (Å²) in [5.41, 5.74) is 10.2. The van der Waals surface area contributed by atoms with Gasteiger partial charge in [0, 0.05) is 17.7 Å². The maximum Gasteiger partial charge on any atom is 0.257 e. The van der Waals surface area contributed by atoms with Gasteiger partial charge in [0.1, 0.15) is 0 Å². The standard InChI is InChI=1S/C19H20N6O3S/c1-10(24-25-18(20)21)11-4-6-12(7-5-11)17(26)23-19-22-13-8-14(27-2)15(28-3)9-16(13)29-19/h4-9H,1-3H3,(H4,20,21,25)(H,22,23,26)/b24-10-. The Hall–Kier alpha value is -3.66. The first kappa shape index (κ1) is 20.1. The number of carbonyl (C=O) groups is 1. The molecular weight excluding hydrogens is 392 g/mol. The summed E-state index contributed by atoms with van der Waals surface area (Å²) in [5, 5.41) is 14.4. The van der Waals surface area contributed by atoms with Crippen molar-refractivity contribution in [1.29, 1.82) is 5.41 Å². The van der Waals surface area contributed by atoms with Crippen molar-refractivity contribution in [2.24, 2.45) is 10.8 Å². The number of amides is 1. The molecule has 0 atom stereocenters. The number of carbonyl (C=O) groups excluding carboxylic acids is 1. The molecule has 0 aliphatic rings. The van der Waals surface area contributed by atoms with Crippen LogP contribution in [0.25, 0.3) is 10.2 Å². The van der Waals surface area contributed by atoms with Crippen molar-refractivity contribution < 1.29 is 14.3 Å². The Bertz CT molecular complexity index is 1050. The summed E-state index contributed by atoms with van der Waals surface area (Å²) in [4.78, 5) is 17.0. The Morgan fingerprint density at radius 2 is 1.76 bits per heavy atom. The summed E-state index contributed by atoms with van der Waals surface area (Å²) in [5.74, 6) is 0.667. The van der Waals surface area contributed by atoms with Crippen LogP contribution in [0.15, 0.2) is 41.5 Å². The van der Waals surface area contributed by atoms with Crippen LogP contribution in [0.4, 0.5) is 5.13 Å². The third-order valence-corrected chi connectivity index (χ3v) is 4.96. The van der Waals surface area contributed by atoms with E-state index in [1.807, 2.05) is 6.07 Å². The highest BCUT2D eigenvalue weighted by Crippen LogP contribution is 2.36. The fraction of sp³-hybridized carbons (Fsp3) is 0.158. The highest BCUT2D eigenvalue weighted by molar-refractivity contribution is 7.22. The van der Waals surface area contributed by atoms with E-state index in [4.69, 9.17) is 20.6 Å². The van der Waals surface area contributed by atoms with E-state index in [2.05, 4.69) is 20.8 Å². The van der Waals surface area contributed by atoms with E-state index in [1.54, 1.807) is 51.5 Å². The van der Waals surface area contributed by atoms with Gasteiger partial charge < -0.3 is 15.2 Å². The van der Waals surface area contributed by atoms with Crippen LogP contribution in [-0.2, 0) is 0 Å². The average Bonchev–Trinajstić information content (AvgIpc) is 3.11. The van der Waals surface area contributed by atoms with Crippen LogP contribution in [0.1, 0.15) is 22.8 Å². The number of hydrogen-bond donors (Lipinski definition) is 4. The zero-order valence-corrected chi connectivity index (χ0v) is 16.9. The third-order valence-electron chi connectivity index (χ3n) is 4.02. The van der Waals surface area contributed by atoms with Gasteiger partial charge in [0.05, 0.1) is 30.1 Å².